The molecule has 1 aliphatic carbocycles. The summed E-state index contributed by atoms with van der Waals surface area (Å²) >= 11 is 0.984. The average molecular weight is 392 g/mol. The molecule has 1 heterocycles. The topological polar surface area (TPSA) is 69.7 Å². The van der Waals surface area contributed by atoms with Gasteiger partial charge < -0.3 is 9.47 Å². The number of rotatable bonds is 5. The van der Waals surface area contributed by atoms with Crippen LogP contribution in [-0.2, 0) is 11.2 Å². The molecule has 5 nitrogen and oxygen atoms in total. The van der Waals surface area contributed by atoms with Crippen LogP contribution in [0.15, 0.2) is 54.6 Å². The lowest BCUT2D eigenvalue weighted by atomic mass is 9.88. The lowest BCUT2D eigenvalue weighted by Crippen LogP contribution is -2.19. The van der Waals surface area contributed by atoms with Gasteiger partial charge >= 0.3 is 5.97 Å². The monoisotopic (exact) mass is 392 g/mol. The minimum atomic E-state index is -0.535. The van der Waals surface area contributed by atoms with Crippen molar-refractivity contribution in [2.75, 3.05) is 13.7 Å². The van der Waals surface area contributed by atoms with Crippen molar-refractivity contribution in [1.82, 2.24) is 0 Å². The molecule has 0 radical (unpaired) electrons. The first-order valence-corrected chi connectivity index (χ1v) is 9.53. The van der Waals surface area contributed by atoms with Crippen molar-refractivity contribution >= 4 is 28.9 Å². The Bertz CT molecular complexity index is 1080. The molecular weight excluding hydrogens is 376 g/mol. The van der Waals surface area contributed by atoms with Crippen LogP contribution in [0.3, 0.4) is 0 Å². The largest absolute Gasteiger partial charge is 0.496 e. The van der Waals surface area contributed by atoms with Crippen LogP contribution in [0.4, 0.5) is 0 Å². The molecule has 1 aliphatic rings. The Kier molecular flexibility index (Phi) is 4.79. The van der Waals surface area contributed by atoms with Gasteiger partial charge in [-0.25, -0.2) is 4.79 Å². The third-order valence-corrected chi connectivity index (χ3v) is 5.68. The van der Waals surface area contributed by atoms with Crippen molar-refractivity contribution in [3.8, 4) is 5.75 Å². The van der Waals surface area contributed by atoms with E-state index in [1.165, 1.54) is 13.2 Å². The molecule has 4 rings (SSSR count). The lowest BCUT2D eigenvalue weighted by molar-refractivity contribution is 0.0515. The molecule has 0 amide bonds. The second-order valence-electron chi connectivity index (χ2n) is 6.27. The summed E-state index contributed by atoms with van der Waals surface area (Å²) in [6.07, 6.45) is 0.595. The summed E-state index contributed by atoms with van der Waals surface area (Å²) in [7, 11) is 1.45. The van der Waals surface area contributed by atoms with Gasteiger partial charge in [0.15, 0.2) is 5.78 Å². The van der Waals surface area contributed by atoms with Crippen LogP contribution in [0.25, 0.3) is 0 Å². The summed E-state index contributed by atoms with van der Waals surface area (Å²) in [5, 5.41) is 0. The highest BCUT2D eigenvalue weighted by atomic mass is 32.1. The molecule has 0 N–H and O–H groups in total. The number of ether oxygens (including phenoxy) is 2. The summed E-state index contributed by atoms with van der Waals surface area (Å²) < 4.78 is 10.6. The predicted octanol–water partition coefficient (Wildman–Crippen LogP) is 3.93. The first-order chi connectivity index (χ1) is 13.6. The van der Waals surface area contributed by atoms with E-state index in [9.17, 15) is 14.4 Å². The number of benzene rings is 2. The minimum absolute atomic E-state index is 0.224. The Morgan fingerprint density at radius 3 is 2.50 bits per heavy atom. The van der Waals surface area contributed by atoms with Gasteiger partial charge in [0, 0.05) is 17.5 Å². The minimum Gasteiger partial charge on any atom is -0.496 e. The van der Waals surface area contributed by atoms with Crippen LogP contribution in [0.5, 0.6) is 5.75 Å². The molecule has 0 unspecified atom stereocenters. The molecule has 0 saturated carbocycles. The van der Waals surface area contributed by atoms with Crippen molar-refractivity contribution in [3.63, 3.8) is 0 Å². The van der Waals surface area contributed by atoms with Gasteiger partial charge in [-0.15, -0.1) is 11.3 Å². The summed E-state index contributed by atoms with van der Waals surface area (Å²) in [6, 6.07) is 16.0. The number of hydrogen-bond donors (Lipinski definition) is 0. The zero-order valence-electron chi connectivity index (χ0n) is 15.1. The van der Waals surface area contributed by atoms with Crippen LogP contribution in [0, 0.1) is 0 Å². The van der Waals surface area contributed by atoms with Crippen molar-refractivity contribution < 1.29 is 23.9 Å². The maximum Gasteiger partial charge on any atom is 0.348 e. The molecule has 3 aromatic rings. The third kappa shape index (κ3) is 3.12. The molecule has 0 fully saturated rings. The van der Waals surface area contributed by atoms with E-state index in [0.29, 0.717) is 17.7 Å². The fourth-order valence-electron chi connectivity index (χ4n) is 3.19. The molecule has 0 bridgehead atoms. The van der Waals surface area contributed by atoms with E-state index in [1.807, 2.05) is 30.3 Å². The average Bonchev–Trinajstić information content (AvgIpc) is 3.18. The number of thiophene rings is 1. The normalized spacial score (nSPS) is 12.3. The molecule has 0 aliphatic heterocycles. The zero-order valence-corrected chi connectivity index (χ0v) is 15.9. The molecule has 28 heavy (non-hydrogen) atoms. The Hall–Kier alpha value is -3.25. The number of fused-ring (bicyclic) bond motifs is 2. The second kappa shape index (κ2) is 7.40. The van der Waals surface area contributed by atoms with Gasteiger partial charge in [-0.2, -0.15) is 0 Å². The first-order valence-electron chi connectivity index (χ1n) is 8.71. The van der Waals surface area contributed by atoms with Gasteiger partial charge in [0.05, 0.1) is 24.2 Å². The maximum absolute atomic E-state index is 12.9. The van der Waals surface area contributed by atoms with Gasteiger partial charge in [0.25, 0.3) is 0 Å². The number of carbonyl (C=O) groups is 3. The molecule has 1 aromatic heterocycles. The van der Waals surface area contributed by atoms with E-state index in [1.54, 1.807) is 18.2 Å². The van der Waals surface area contributed by atoms with E-state index >= 15 is 0 Å². The first kappa shape index (κ1) is 18.1. The molecular formula is C22H16O5S. The predicted molar refractivity (Wildman–Crippen MR) is 105 cm³/mol. The number of hydrogen-bond acceptors (Lipinski definition) is 6. The number of esters is 1. The standard InChI is InChI=1S/C22H16O5S/c1-26-16-9-5-8-14-18(16)20(24)21-15(19(14)23)12-17(28-21)22(25)27-11-10-13-6-3-2-4-7-13/h2-9,12H,10-11H2,1H3. The van der Waals surface area contributed by atoms with Gasteiger partial charge in [-0.05, 0) is 17.7 Å². The Morgan fingerprint density at radius 1 is 0.964 bits per heavy atom. The Labute approximate surface area is 165 Å². The van der Waals surface area contributed by atoms with Gasteiger partial charge in [0.1, 0.15) is 10.6 Å². The van der Waals surface area contributed by atoms with Crippen LogP contribution in [-0.4, -0.2) is 31.3 Å². The van der Waals surface area contributed by atoms with E-state index in [2.05, 4.69) is 0 Å². The number of carbonyl (C=O) groups excluding carboxylic acids is 3. The highest BCUT2D eigenvalue weighted by Crippen LogP contribution is 2.37. The van der Waals surface area contributed by atoms with E-state index in [4.69, 9.17) is 9.47 Å². The van der Waals surface area contributed by atoms with Crippen LogP contribution in [0.2, 0.25) is 0 Å². The molecule has 6 heteroatoms. The van der Waals surface area contributed by atoms with Gasteiger partial charge in [-0.3, -0.25) is 9.59 Å². The van der Waals surface area contributed by atoms with Crippen molar-refractivity contribution in [1.29, 1.82) is 0 Å². The number of ketones is 2. The van der Waals surface area contributed by atoms with Crippen LogP contribution in [0.1, 0.15) is 46.4 Å². The molecule has 2 aromatic carbocycles. The summed E-state index contributed by atoms with van der Waals surface area (Å²) in [4.78, 5) is 38.6. The van der Waals surface area contributed by atoms with Crippen LogP contribution >= 0.6 is 11.3 Å². The Balaban J connectivity index is 1.56. The lowest BCUT2D eigenvalue weighted by Gasteiger charge is -2.16. The molecule has 0 spiro atoms. The van der Waals surface area contributed by atoms with Crippen molar-refractivity contribution in [2.45, 2.75) is 6.42 Å². The fraction of sp³-hybridized carbons (Fsp3) is 0.136. The smallest absolute Gasteiger partial charge is 0.348 e. The van der Waals surface area contributed by atoms with Crippen molar-refractivity contribution in [3.05, 3.63) is 86.6 Å². The number of methoxy groups -OCH3 is 1. The molecule has 0 atom stereocenters. The van der Waals surface area contributed by atoms with Crippen molar-refractivity contribution in [2.24, 2.45) is 0 Å². The van der Waals surface area contributed by atoms with Crippen LogP contribution < -0.4 is 4.74 Å². The molecule has 140 valence electrons. The summed E-state index contributed by atoms with van der Waals surface area (Å²) in [5.41, 5.74) is 1.84. The van der Waals surface area contributed by atoms with Gasteiger partial charge in [0.2, 0.25) is 5.78 Å². The molecule has 0 saturated heterocycles. The second-order valence-corrected chi connectivity index (χ2v) is 7.32. The van der Waals surface area contributed by atoms with E-state index in [0.717, 1.165) is 16.9 Å². The summed E-state index contributed by atoms with van der Waals surface area (Å²) in [6.45, 7) is 0.224. The van der Waals surface area contributed by atoms with E-state index < -0.39 is 5.97 Å². The maximum atomic E-state index is 12.9. The fourth-order valence-corrected chi connectivity index (χ4v) is 4.18. The quantitative estimate of drug-likeness (QED) is 0.481. The Morgan fingerprint density at radius 2 is 1.75 bits per heavy atom. The summed E-state index contributed by atoms with van der Waals surface area (Å²) in [5.74, 6) is -0.785. The third-order valence-electron chi connectivity index (χ3n) is 4.57. The highest BCUT2D eigenvalue weighted by molar-refractivity contribution is 7.16. The zero-order chi connectivity index (χ0) is 19.7. The van der Waals surface area contributed by atoms with E-state index in [-0.39, 0.29) is 39.1 Å². The SMILES string of the molecule is COc1cccc2c1C(=O)c1sc(C(=O)OCCc3ccccc3)cc1C2=O. The van der Waals surface area contributed by atoms with Gasteiger partial charge in [-0.1, -0.05) is 42.5 Å². The highest BCUT2D eigenvalue weighted by Gasteiger charge is 2.35.